The molecule has 1 heterocycles. The maximum atomic E-state index is 11.4. The number of hydrogen-bond acceptors (Lipinski definition) is 3. The second kappa shape index (κ2) is 6.64. The molecule has 0 radical (unpaired) electrons. The number of nitrogens with zero attached hydrogens (tertiary/aromatic N) is 1. The van der Waals surface area contributed by atoms with Crippen LogP contribution in [0, 0.1) is 12.8 Å². The molecule has 2 atom stereocenters. The van der Waals surface area contributed by atoms with Gasteiger partial charge in [0, 0.05) is 24.8 Å². The molecule has 2 rings (SSSR count). The normalized spacial score (nSPS) is 22.4. The van der Waals surface area contributed by atoms with Crippen LogP contribution in [0.25, 0.3) is 0 Å². The van der Waals surface area contributed by atoms with Crippen molar-refractivity contribution in [3.63, 3.8) is 0 Å². The van der Waals surface area contributed by atoms with E-state index in [0.29, 0.717) is 5.92 Å². The largest absolute Gasteiger partial charge is 0.453 e. The SMILES string of the molecule is CCC1CC(NC(=O)OC)CN(c2cccc(C)c2)C1. The Morgan fingerprint density at radius 3 is 2.90 bits per heavy atom. The number of anilines is 1. The predicted molar refractivity (Wildman–Crippen MR) is 81.1 cm³/mol. The van der Waals surface area contributed by atoms with Crippen LogP contribution in [0.3, 0.4) is 0 Å². The highest BCUT2D eigenvalue weighted by molar-refractivity contribution is 5.67. The monoisotopic (exact) mass is 276 g/mol. The van der Waals surface area contributed by atoms with Crippen LogP contribution in [0.5, 0.6) is 0 Å². The molecule has 1 aliphatic rings. The van der Waals surface area contributed by atoms with E-state index >= 15 is 0 Å². The number of ether oxygens (including phenoxy) is 1. The van der Waals surface area contributed by atoms with Gasteiger partial charge in [-0.15, -0.1) is 0 Å². The van der Waals surface area contributed by atoms with Gasteiger partial charge in [0.2, 0.25) is 0 Å². The molecule has 4 heteroatoms. The summed E-state index contributed by atoms with van der Waals surface area (Å²) in [7, 11) is 1.41. The lowest BCUT2D eigenvalue weighted by Gasteiger charge is -2.39. The van der Waals surface area contributed by atoms with Crippen molar-refractivity contribution in [2.45, 2.75) is 32.7 Å². The molecule has 0 bridgehead atoms. The Kier molecular flexibility index (Phi) is 4.88. The van der Waals surface area contributed by atoms with Crippen LogP contribution in [0.2, 0.25) is 0 Å². The second-order valence-corrected chi connectivity index (χ2v) is 5.59. The van der Waals surface area contributed by atoms with Crippen molar-refractivity contribution in [1.82, 2.24) is 5.32 Å². The van der Waals surface area contributed by atoms with Gasteiger partial charge in [0.15, 0.2) is 0 Å². The van der Waals surface area contributed by atoms with E-state index in [0.717, 1.165) is 25.9 Å². The van der Waals surface area contributed by atoms with Gasteiger partial charge in [-0.05, 0) is 37.0 Å². The topological polar surface area (TPSA) is 41.6 Å². The lowest BCUT2D eigenvalue weighted by atomic mass is 9.91. The average molecular weight is 276 g/mol. The number of benzene rings is 1. The zero-order chi connectivity index (χ0) is 14.5. The molecule has 1 aromatic carbocycles. The Bertz CT molecular complexity index is 462. The molecule has 2 unspecified atom stereocenters. The van der Waals surface area contributed by atoms with Crippen molar-refractivity contribution in [2.75, 3.05) is 25.1 Å². The van der Waals surface area contributed by atoms with Crippen LogP contribution in [0.15, 0.2) is 24.3 Å². The summed E-state index contributed by atoms with van der Waals surface area (Å²) >= 11 is 0. The smallest absolute Gasteiger partial charge is 0.407 e. The number of amides is 1. The zero-order valence-electron chi connectivity index (χ0n) is 12.6. The van der Waals surface area contributed by atoms with Gasteiger partial charge in [0.25, 0.3) is 0 Å². The molecule has 0 saturated carbocycles. The van der Waals surface area contributed by atoms with E-state index in [2.05, 4.69) is 48.3 Å². The number of aryl methyl sites for hydroxylation is 1. The fourth-order valence-electron chi connectivity index (χ4n) is 2.87. The summed E-state index contributed by atoms with van der Waals surface area (Å²) in [4.78, 5) is 13.8. The van der Waals surface area contributed by atoms with Crippen LogP contribution in [0.1, 0.15) is 25.3 Å². The molecule has 4 nitrogen and oxygen atoms in total. The van der Waals surface area contributed by atoms with Gasteiger partial charge in [-0.2, -0.15) is 0 Å². The number of carbonyl (C=O) groups excluding carboxylic acids is 1. The van der Waals surface area contributed by atoms with E-state index in [1.54, 1.807) is 0 Å². The summed E-state index contributed by atoms with van der Waals surface area (Å²) in [5, 5.41) is 2.94. The summed E-state index contributed by atoms with van der Waals surface area (Å²) in [6.07, 6.45) is 1.81. The molecule has 0 aromatic heterocycles. The molecular formula is C16H24N2O2. The highest BCUT2D eigenvalue weighted by Gasteiger charge is 2.27. The molecule has 1 saturated heterocycles. The van der Waals surface area contributed by atoms with Gasteiger partial charge < -0.3 is 15.0 Å². The third-order valence-electron chi connectivity index (χ3n) is 3.99. The fourth-order valence-corrected chi connectivity index (χ4v) is 2.87. The lowest BCUT2D eigenvalue weighted by Crippen LogP contribution is -2.50. The summed E-state index contributed by atoms with van der Waals surface area (Å²) in [6, 6.07) is 8.69. The first-order valence-electron chi connectivity index (χ1n) is 7.28. The Labute approximate surface area is 121 Å². The third-order valence-corrected chi connectivity index (χ3v) is 3.99. The standard InChI is InChI=1S/C16H24N2O2/c1-4-13-9-14(17-16(19)20-3)11-18(10-13)15-7-5-6-12(2)8-15/h5-8,13-14H,4,9-11H2,1-3H3,(H,17,19). The number of alkyl carbamates (subject to hydrolysis) is 1. The van der Waals surface area contributed by atoms with Crippen LogP contribution in [-0.4, -0.2) is 32.3 Å². The van der Waals surface area contributed by atoms with E-state index in [4.69, 9.17) is 4.74 Å². The van der Waals surface area contributed by atoms with Crippen molar-refractivity contribution >= 4 is 11.8 Å². The minimum atomic E-state index is -0.337. The third kappa shape index (κ3) is 3.65. The number of hydrogen-bond donors (Lipinski definition) is 1. The maximum Gasteiger partial charge on any atom is 0.407 e. The summed E-state index contributed by atoms with van der Waals surface area (Å²) < 4.78 is 4.71. The predicted octanol–water partition coefficient (Wildman–Crippen LogP) is 2.96. The van der Waals surface area contributed by atoms with E-state index < -0.39 is 0 Å². The first kappa shape index (κ1) is 14.7. The zero-order valence-corrected chi connectivity index (χ0v) is 12.6. The van der Waals surface area contributed by atoms with E-state index in [9.17, 15) is 4.79 Å². The van der Waals surface area contributed by atoms with Gasteiger partial charge in [-0.25, -0.2) is 4.79 Å². The van der Waals surface area contributed by atoms with Crippen molar-refractivity contribution in [3.05, 3.63) is 29.8 Å². The van der Waals surface area contributed by atoms with Crippen LogP contribution in [0.4, 0.5) is 10.5 Å². The molecular weight excluding hydrogens is 252 g/mol. The van der Waals surface area contributed by atoms with E-state index in [1.807, 2.05) is 0 Å². The molecule has 1 amide bonds. The minimum Gasteiger partial charge on any atom is -0.453 e. The molecule has 20 heavy (non-hydrogen) atoms. The fraction of sp³-hybridized carbons (Fsp3) is 0.562. The van der Waals surface area contributed by atoms with Gasteiger partial charge in [-0.1, -0.05) is 25.5 Å². The highest BCUT2D eigenvalue weighted by Crippen LogP contribution is 2.25. The van der Waals surface area contributed by atoms with Gasteiger partial charge in [0.1, 0.15) is 0 Å². The number of carbonyl (C=O) groups is 1. The molecule has 0 spiro atoms. The number of methoxy groups -OCH3 is 1. The number of nitrogens with one attached hydrogen (secondary N) is 1. The summed E-state index contributed by atoms with van der Waals surface area (Å²) in [5.41, 5.74) is 2.50. The van der Waals surface area contributed by atoms with Crippen molar-refractivity contribution in [3.8, 4) is 0 Å². The second-order valence-electron chi connectivity index (χ2n) is 5.59. The lowest BCUT2D eigenvalue weighted by molar-refractivity contribution is 0.162. The molecule has 1 N–H and O–H groups in total. The van der Waals surface area contributed by atoms with E-state index in [1.165, 1.54) is 18.4 Å². The molecule has 1 aliphatic heterocycles. The van der Waals surface area contributed by atoms with E-state index in [-0.39, 0.29) is 12.1 Å². The summed E-state index contributed by atoms with van der Waals surface area (Å²) in [6.45, 7) is 6.21. The number of piperidine rings is 1. The minimum absolute atomic E-state index is 0.154. The Morgan fingerprint density at radius 1 is 1.45 bits per heavy atom. The Morgan fingerprint density at radius 2 is 2.25 bits per heavy atom. The van der Waals surface area contributed by atoms with Crippen molar-refractivity contribution in [1.29, 1.82) is 0 Å². The Balaban J connectivity index is 2.10. The molecule has 0 aliphatic carbocycles. The first-order chi connectivity index (χ1) is 9.62. The first-order valence-corrected chi connectivity index (χ1v) is 7.28. The van der Waals surface area contributed by atoms with Crippen LogP contribution < -0.4 is 10.2 Å². The number of rotatable bonds is 3. The molecule has 1 aromatic rings. The van der Waals surface area contributed by atoms with Gasteiger partial charge in [0.05, 0.1) is 7.11 Å². The highest BCUT2D eigenvalue weighted by atomic mass is 16.5. The van der Waals surface area contributed by atoms with Crippen molar-refractivity contribution < 1.29 is 9.53 Å². The average Bonchev–Trinajstić information content (AvgIpc) is 2.46. The van der Waals surface area contributed by atoms with Crippen LogP contribution in [-0.2, 0) is 4.74 Å². The Hall–Kier alpha value is -1.71. The van der Waals surface area contributed by atoms with Crippen LogP contribution >= 0.6 is 0 Å². The quantitative estimate of drug-likeness (QED) is 0.923. The van der Waals surface area contributed by atoms with Gasteiger partial charge >= 0.3 is 6.09 Å². The molecule has 1 fully saturated rings. The summed E-state index contributed by atoms with van der Waals surface area (Å²) in [5.74, 6) is 0.603. The van der Waals surface area contributed by atoms with Crippen molar-refractivity contribution in [2.24, 2.45) is 5.92 Å². The maximum absolute atomic E-state index is 11.4. The molecule has 110 valence electrons. The van der Waals surface area contributed by atoms with Gasteiger partial charge in [-0.3, -0.25) is 0 Å².